The van der Waals surface area contributed by atoms with Gasteiger partial charge in [0.25, 0.3) is 0 Å². The van der Waals surface area contributed by atoms with Crippen molar-refractivity contribution in [3.63, 3.8) is 0 Å². The first-order valence-electron chi connectivity index (χ1n) is 35.5. The first-order chi connectivity index (χ1) is 43.4. The summed E-state index contributed by atoms with van der Waals surface area (Å²) in [5, 5.41) is 0. The number of benzene rings is 5. The Morgan fingerprint density at radius 3 is 0.400 bits per heavy atom. The van der Waals surface area contributed by atoms with E-state index < -0.39 is 0 Å². The summed E-state index contributed by atoms with van der Waals surface area (Å²) in [6, 6.07) is 43.3. The van der Waals surface area contributed by atoms with Gasteiger partial charge in [0, 0.05) is 57.5 Å². The number of hydrogen-bond donors (Lipinski definition) is 0. The quantitative estimate of drug-likeness (QED) is 0.0978. The molecule has 0 unspecified atom stereocenters. The molecule has 0 spiro atoms. The normalized spacial score (nSPS) is 32.9. The summed E-state index contributed by atoms with van der Waals surface area (Å²) in [4.78, 5) is 4.75. The van der Waals surface area contributed by atoms with Crippen LogP contribution in [-0.4, -0.2) is 61.0 Å². The van der Waals surface area contributed by atoms with Gasteiger partial charge in [-0.15, -0.1) is 0 Å². The molecule has 20 rings (SSSR count). The van der Waals surface area contributed by atoms with Crippen molar-refractivity contribution in [2.45, 2.75) is 307 Å². The van der Waals surface area contributed by atoms with Crippen molar-refractivity contribution in [2.75, 3.05) is 33.0 Å². The van der Waals surface area contributed by atoms with E-state index in [1.807, 2.05) is 0 Å². The second-order valence-electron chi connectivity index (χ2n) is 29.6. The molecular formula is C80H110F5O5S5. The maximum absolute atomic E-state index is 6.04. The van der Waals surface area contributed by atoms with Crippen LogP contribution < -0.4 is 0 Å². The van der Waals surface area contributed by atoms with E-state index >= 15 is 0 Å². The lowest BCUT2D eigenvalue weighted by atomic mass is 9.56. The molecule has 5 aromatic rings. The van der Waals surface area contributed by atoms with Crippen molar-refractivity contribution in [3.05, 3.63) is 149 Å². The maximum atomic E-state index is 6.04. The van der Waals surface area contributed by atoms with Gasteiger partial charge in [0.05, 0.1) is 28.0 Å². The van der Waals surface area contributed by atoms with Crippen LogP contribution in [0.2, 0.25) is 0 Å². The zero-order chi connectivity index (χ0) is 63.2. The summed E-state index contributed by atoms with van der Waals surface area (Å²) < 4.78 is 30.2. The molecule has 0 atom stereocenters. The molecule has 5 nitrogen and oxygen atoms in total. The zero-order valence-electron chi connectivity index (χ0n) is 57.4. The summed E-state index contributed by atoms with van der Waals surface area (Å²) in [5.74, 6) is 0. The summed E-state index contributed by atoms with van der Waals surface area (Å²) in [6.07, 6.45) is 37.7. The summed E-state index contributed by atoms with van der Waals surface area (Å²) in [7, 11) is 0. The third-order valence-corrected chi connectivity index (χ3v) is 26.8. The Bertz CT molecular complexity index is 2510. The van der Waals surface area contributed by atoms with Gasteiger partial charge in [-0.1, -0.05) is 124 Å². The standard InChI is InChI=1S/5C16H21OS.5FH/c5*1-2-17-16-10-7-15(8-11-16,9-12-16)13-3-5-14(18)6-4-13;;;;;/h5*3-6H,2,7-12H2,1H3;5*1H. The van der Waals surface area contributed by atoms with Crippen LogP contribution in [0, 0.1) is 0 Å². The number of fused-ring (bicyclic) bond motifs is 15. The lowest BCUT2D eigenvalue weighted by molar-refractivity contribution is -0.114. The van der Waals surface area contributed by atoms with Crippen LogP contribution in [0.15, 0.2) is 146 Å². The van der Waals surface area contributed by atoms with Crippen LogP contribution >= 0.6 is 63.1 Å². The van der Waals surface area contributed by atoms with E-state index in [4.69, 9.17) is 86.8 Å². The summed E-state index contributed by atoms with van der Waals surface area (Å²) in [6.45, 7) is 14.9. The van der Waals surface area contributed by atoms with Crippen molar-refractivity contribution in [1.29, 1.82) is 0 Å². The van der Waals surface area contributed by atoms with Crippen molar-refractivity contribution >= 4 is 63.1 Å². The molecule has 15 heteroatoms. The topological polar surface area (TPSA) is 46.2 Å². The molecule has 0 heterocycles. The van der Waals surface area contributed by atoms with Gasteiger partial charge in [0.15, 0.2) is 0 Å². The van der Waals surface area contributed by atoms with Crippen LogP contribution in [0.4, 0.5) is 23.5 Å². The minimum absolute atomic E-state index is 0. The molecule has 15 aliphatic carbocycles. The number of hydrogen-bond acceptors (Lipinski definition) is 5. The van der Waals surface area contributed by atoms with E-state index in [0.717, 1.165) is 57.5 Å². The van der Waals surface area contributed by atoms with Gasteiger partial charge in [-0.05, 0) is 343 Å². The van der Waals surface area contributed by atoms with Crippen molar-refractivity contribution in [2.24, 2.45) is 0 Å². The molecular weight excluding hydrogens is 1300 g/mol. The monoisotopic (exact) mass is 1410 g/mol. The van der Waals surface area contributed by atoms with Crippen LogP contribution in [0.1, 0.15) is 255 Å². The molecule has 95 heavy (non-hydrogen) atoms. The van der Waals surface area contributed by atoms with Gasteiger partial charge in [0.1, 0.15) is 0 Å². The van der Waals surface area contributed by atoms with Crippen molar-refractivity contribution < 1.29 is 47.2 Å². The highest BCUT2D eigenvalue weighted by Crippen LogP contribution is 2.60. The summed E-state index contributed by atoms with van der Waals surface area (Å²) >= 11 is 25.9. The highest BCUT2D eigenvalue weighted by atomic mass is 32.1. The van der Waals surface area contributed by atoms with Gasteiger partial charge in [0.2, 0.25) is 0 Å². The van der Waals surface area contributed by atoms with Gasteiger partial charge in [-0.2, -0.15) is 0 Å². The Hall–Kier alpha value is -3.35. The van der Waals surface area contributed by atoms with E-state index in [1.165, 1.54) is 220 Å². The molecule has 15 fully saturated rings. The van der Waals surface area contributed by atoms with Crippen molar-refractivity contribution in [3.8, 4) is 0 Å². The van der Waals surface area contributed by atoms with Crippen LogP contribution in [0.5, 0.6) is 0 Å². The lowest BCUT2D eigenvalue weighted by Gasteiger charge is -2.53. The molecule has 5 radical (unpaired) electrons. The average Bonchev–Trinajstić information content (AvgIpc) is 0.791. The molecule has 0 saturated heterocycles. The smallest absolute Gasteiger partial charge is 0.0683 e. The molecule has 5 aromatic carbocycles. The third kappa shape index (κ3) is 17.5. The first kappa shape index (κ1) is 80.6. The Balaban J connectivity index is 0.000000186. The Morgan fingerprint density at radius 1 is 0.200 bits per heavy atom. The fourth-order valence-electron chi connectivity index (χ4n) is 19.6. The lowest BCUT2D eigenvalue weighted by Crippen LogP contribution is -2.49. The van der Waals surface area contributed by atoms with E-state index in [2.05, 4.69) is 156 Å². The third-order valence-electron chi connectivity index (χ3n) is 25.5. The maximum Gasteiger partial charge on any atom is 0.0683 e. The molecule has 15 saturated carbocycles. The number of rotatable bonds is 15. The SMILES string of the molecule is CCOC12CCC(c3ccc([S])cc3)(CC1)CC2.CCOC12CCC(c3ccc([S])cc3)(CC1)CC2.CCOC12CCC(c3ccc([S])cc3)(CC1)CC2.CCOC12CCC(c3ccc([S])cc3)(CC1)CC2.CCOC12CCC(c3ccc([S])cc3)(CC1)CC2.F.F.F.F.F. The largest absolute Gasteiger partial charge is 0.375 e. The fourth-order valence-corrected chi connectivity index (χ4v) is 20.3. The van der Waals surface area contributed by atoms with Crippen molar-refractivity contribution in [1.82, 2.24) is 0 Å². The highest BCUT2D eigenvalue weighted by molar-refractivity contribution is 7.81. The fraction of sp³-hybridized carbons (Fsp3) is 0.625. The predicted molar refractivity (Wildman–Crippen MR) is 393 cm³/mol. The van der Waals surface area contributed by atoms with Crippen LogP contribution in [0.3, 0.4) is 0 Å². The van der Waals surface area contributed by atoms with E-state index in [0.29, 0.717) is 27.1 Å². The molecule has 0 aliphatic heterocycles. The molecule has 15 aliphatic rings. The molecule has 0 amide bonds. The average molecular weight is 1410 g/mol. The van der Waals surface area contributed by atoms with Gasteiger partial charge >= 0.3 is 0 Å². The number of ether oxygens (including phenoxy) is 5. The molecule has 10 bridgehead atoms. The minimum atomic E-state index is 0. The first-order valence-corrected chi connectivity index (χ1v) is 37.5. The second-order valence-corrected chi connectivity index (χ2v) is 32.0. The zero-order valence-corrected chi connectivity index (χ0v) is 61.5. The predicted octanol–water partition coefficient (Wildman–Crippen LogP) is 23.9. The Kier molecular flexibility index (Phi) is 28.8. The van der Waals surface area contributed by atoms with Crippen LogP contribution in [0.25, 0.3) is 0 Å². The molecule has 525 valence electrons. The summed E-state index contributed by atoms with van der Waals surface area (Å²) in [5.41, 5.74) is 10.7. The van der Waals surface area contributed by atoms with E-state index in [9.17, 15) is 0 Å². The van der Waals surface area contributed by atoms with Gasteiger partial charge in [-0.25, -0.2) is 0 Å². The highest BCUT2D eigenvalue weighted by Gasteiger charge is 2.54. The molecule has 0 aromatic heterocycles. The minimum Gasteiger partial charge on any atom is -0.375 e. The van der Waals surface area contributed by atoms with Gasteiger partial charge in [-0.3, -0.25) is 23.5 Å². The van der Waals surface area contributed by atoms with E-state index in [1.54, 1.807) is 0 Å². The van der Waals surface area contributed by atoms with Gasteiger partial charge < -0.3 is 23.7 Å². The number of halogens is 5. The molecule has 0 N–H and O–H groups in total. The second kappa shape index (κ2) is 33.9. The van der Waals surface area contributed by atoms with E-state index in [-0.39, 0.29) is 51.5 Å². The Morgan fingerprint density at radius 2 is 0.305 bits per heavy atom. The van der Waals surface area contributed by atoms with Crippen LogP contribution in [-0.2, 0) is 50.8 Å². The Labute approximate surface area is 595 Å².